The lowest BCUT2D eigenvalue weighted by atomic mass is 10.2. The first-order valence-electron chi connectivity index (χ1n) is 7.27. The van der Waals surface area contributed by atoms with Gasteiger partial charge < -0.3 is 14.8 Å². The molecule has 23 heavy (non-hydrogen) atoms. The molecule has 0 fully saturated rings. The first kappa shape index (κ1) is 19.6. The van der Waals surface area contributed by atoms with Crippen molar-refractivity contribution in [3.63, 3.8) is 0 Å². The number of hydrogen-bond acceptors (Lipinski definition) is 5. The zero-order valence-corrected chi connectivity index (χ0v) is 14.5. The topological polar surface area (TPSA) is 93.7 Å². The van der Waals surface area contributed by atoms with Crippen LogP contribution in [-0.4, -0.2) is 54.3 Å². The van der Waals surface area contributed by atoms with Crippen LogP contribution in [0.15, 0.2) is 23.1 Å². The number of methoxy groups -OCH3 is 1. The highest BCUT2D eigenvalue weighted by atomic mass is 32.2. The average Bonchev–Trinajstić information content (AvgIpc) is 2.50. The number of ether oxygens (including phenoxy) is 2. The molecule has 0 aromatic heterocycles. The molecule has 1 rings (SSSR count). The SMILES string of the molecule is COCCOCC(=O)NCCNS(=O)(=O)c1cc(C)ccc1C. The Bertz CT molecular complexity index is 616. The molecule has 1 amide bonds. The van der Waals surface area contributed by atoms with E-state index in [9.17, 15) is 13.2 Å². The molecule has 8 heteroatoms. The monoisotopic (exact) mass is 344 g/mol. The highest BCUT2D eigenvalue weighted by Gasteiger charge is 2.16. The Kier molecular flexibility index (Phi) is 8.18. The minimum Gasteiger partial charge on any atom is -0.382 e. The van der Waals surface area contributed by atoms with Crippen LogP contribution < -0.4 is 10.0 Å². The summed E-state index contributed by atoms with van der Waals surface area (Å²) in [6.07, 6.45) is 0. The number of sulfonamides is 1. The Labute approximate surface area is 137 Å². The van der Waals surface area contributed by atoms with E-state index in [1.807, 2.05) is 13.0 Å². The van der Waals surface area contributed by atoms with E-state index < -0.39 is 10.0 Å². The number of hydrogen-bond donors (Lipinski definition) is 2. The van der Waals surface area contributed by atoms with E-state index in [0.717, 1.165) is 5.56 Å². The molecule has 1 aromatic rings. The fraction of sp³-hybridized carbons (Fsp3) is 0.533. The van der Waals surface area contributed by atoms with Crippen LogP contribution >= 0.6 is 0 Å². The predicted octanol–water partition coefficient (Wildman–Crippen LogP) is 0.361. The fourth-order valence-corrected chi connectivity index (χ4v) is 3.18. The molecule has 0 spiro atoms. The van der Waals surface area contributed by atoms with Crippen molar-refractivity contribution >= 4 is 15.9 Å². The van der Waals surface area contributed by atoms with Crippen LogP contribution in [0, 0.1) is 13.8 Å². The Morgan fingerprint density at radius 3 is 2.61 bits per heavy atom. The summed E-state index contributed by atoms with van der Waals surface area (Å²) in [4.78, 5) is 11.7. The van der Waals surface area contributed by atoms with Crippen molar-refractivity contribution < 1.29 is 22.7 Å². The molecule has 0 aliphatic carbocycles. The zero-order chi connectivity index (χ0) is 17.3. The molecular weight excluding hydrogens is 320 g/mol. The molecule has 0 heterocycles. The van der Waals surface area contributed by atoms with Gasteiger partial charge in [-0.2, -0.15) is 0 Å². The number of benzene rings is 1. The molecule has 0 atom stereocenters. The lowest BCUT2D eigenvalue weighted by Crippen LogP contribution is -2.36. The third-order valence-electron chi connectivity index (χ3n) is 3.04. The van der Waals surface area contributed by atoms with E-state index in [1.54, 1.807) is 26.2 Å². The summed E-state index contributed by atoms with van der Waals surface area (Å²) in [5, 5.41) is 2.58. The molecule has 1 aromatic carbocycles. The summed E-state index contributed by atoms with van der Waals surface area (Å²) in [6, 6.07) is 5.25. The lowest BCUT2D eigenvalue weighted by Gasteiger charge is -2.11. The average molecular weight is 344 g/mol. The van der Waals surface area contributed by atoms with Gasteiger partial charge in [-0.1, -0.05) is 12.1 Å². The van der Waals surface area contributed by atoms with Crippen LogP contribution in [0.2, 0.25) is 0 Å². The Morgan fingerprint density at radius 1 is 1.17 bits per heavy atom. The molecule has 0 aliphatic heterocycles. The molecule has 7 nitrogen and oxygen atoms in total. The van der Waals surface area contributed by atoms with Gasteiger partial charge in [0.2, 0.25) is 15.9 Å². The third-order valence-corrected chi connectivity index (χ3v) is 4.64. The van der Waals surface area contributed by atoms with Crippen LogP contribution in [0.4, 0.5) is 0 Å². The number of nitrogens with one attached hydrogen (secondary N) is 2. The van der Waals surface area contributed by atoms with Crippen molar-refractivity contribution in [2.24, 2.45) is 0 Å². The molecule has 0 unspecified atom stereocenters. The number of carbonyl (C=O) groups is 1. The quantitative estimate of drug-likeness (QED) is 0.598. The zero-order valence-electron chi connectivity index (χ0n) is 13.7. The first-order valence-corrected chi connectivity index (χ1v) is 8.75. The molecular formula is C15H24N2O5S. The Morgan fingerprint density at radius 2 is 1.91 bits per heavy atom. The van der Waals surface area contributed by atoms with Gasteiger partial charge in [0.25, 0.3) is 0 Å². The Hall–Kier alpha value is -1.48. The Balaban J connectivity index is 2.37. The second-order valence-electron chi connectivity index (χ2n) is 5.06. The number of carbonyl (C=O) groups excluding carboxylic acids is 1. The highest BCUT2D eigenvalue weighted by Crippen LogP contribution is 2.16. The van der Waals surface area contributed by atoms with Crippen molar-refractivity contribution in [3.05, 3.63) is 29.3 Å². The van der Waals surface area contributed by atoms with Gasteiger partial charge >= 0.3 is 0 Å². The van der Waals surface area contributed by atoms with Gasteiger partial charge in [0.1, 0.15) is 6.61 Å². The summed E-state index contributed by atoms with van der Waals surface area (Å²) in [6.45, 7) is 4.56. The summed E-state index contributed by atoms with van der Waals surface area (Å²) < 4.78 is 36.8. The van der Waals surface area contributed by atoms with Crippen molar-refractivity contribution in [2.75, 3.05) is 40.0 Å². The van der Waals surface area contributed by atoms with Crippen molar-refractivity contribution in [2.45, 2.75) is 18.7 Å². The van der Waals surface area contributed by atoms with E-state index in [2.05, 4.69) is 10.0 Å². The van der Waals surface area contributed by atoms with Crippen molar-refractivity contribution in [1.82, 2.24) is 10.0 Å². The van der Waals surface area contributed by atoms with Crippen molar-refractivity contribution in [3.8, 4) is 0 Å². The van der Waals surface area contributed by atoms with Crippen LogP contribution in [-0.2, 0) is 24.3 Å². The molecule has 0 aliphatic rings. The van der Waals surface area contributed by atoms with Gasteiger partial charge in [-0.25, -0.2) is 13.1 Å². The molecule has 0 saturated carbocycles. The fourth-order valence-electron chi connectivity index (χ4n) is 1.82. The third kappa shape index (κ3) is 7.08. The van der Waals surface area contributed by atoms with Crippen LogP contribution in [0.25, 0.3) is 0 Å². The standard InChI is InChI=1S/C15H24N2O5S/c1-12-4-5-13(2)14(10-12)23(19,20)17-7-6-16-15(18)11-22-9-8-21-3/h4-5,10,17H,6-9,11H2,1-3H3,(H,16,18). The lowest BCUT2D eigenvalue weighted by molar-refractivity contribution is -0.126. The molecule has 130 valence electrons. The normalized spacial score (nSPS) is 11.4. The van der Waals surface area contributed by atoms with Gasteiger partial charge in [-0.3, -0.25) is 4.79 Å². The van der Waals surface area contributed by atoms with Gasteiger partial charge in [0.05, 0.1) is 18.1 Å². The highest BCUT2D eigenvalue weighted by molar-refractivity contribution is 7.89. The molecule has 0 radical (unpaired) electrons. The molecule has 2 N–H and O–H groups in total. The van der Waals surface area contributed by atoms with Crippen LogP contribution in [0.3, 0.4) is 0 Å². The van der Waals surface area contributed by atoms with Gasteiger partial charge in [-0.05, 0) is 31.0 Å². The summed E-state index contributed by atoms with van der Waals surface area (Å²) in [5.41, 5.74) is 1.55. The van der Waals surface area contributed by atoms with E-state index in [1.165, 1.54) is 0 Å². The smallest absolute Gasteiger partial charge is 0.246 e. The number of rotatable bonds is 10. The van der Waals surface area contributed by atoms with Gasteiger partial charge in [0.15, 0.2) is 0 Å². The number of amides is 1. The largest absolute Gasteiger partial charge is 0.382 e. The maximum Gasteiger partial charge on any atom is 0.246 e. The first-order chi connectivity index (χ1) is 10.9. The van der Waals surface area contributed by atoms with E-state index >= 15 is 0 Å². The summed E-state index contributed by atoms with van der Waals surface area (Å²) in [5.74, 6) is -0.299. The second-order valence-corrected chi connectivity index (χ2v) is 6.80. The van der Waals surface area contributed by atoms with Crippen LogP contribution in [0.5, 0.6) is 0 Å². The van der Waals surface area contributed by atoms with E-state index in [4.69, 9.17) is 9.47 Å². The molecule has 0 saturated heterocycles. The molecule has 0 bridgehead atoms. The maximum atomic E-state index is 12.2. The minimum absolute atomic E-state index is 0.0763. The maximum absolute atomic E-state index is 12.2. The van der Waals surface area contributed by atoms with Gasteiger partial charge in [-0.15, -0.1) is 0 Å². The summed E-state index contributed by atoms with van der Waals surface area (Å²) in [7, 11) is -2.04. The number of aryl methyl sites for hydroxylation is 2. The van der Waals surface area contributed by atoms with E-state index in [0.29, 0.717) is 18.8 Å². The second kappa shape index (κ2) is 9.61. The minimum atomic E-state index is -3.58. The van der Waals surface area contributed by atoms with Gasteiger partial charge in [0, 0.05) is 20.2 Å². The van der Waals surface area contributed by atoms with E-state index in [-0.39, 0.29) is 30.5 Å². The summed E-state index contributed by atoms with van der Waals surface area (Å²) >= 11 is 0. The van der Waals surface area contributed by atoms with Crippen molar-refractivity contribution in [1.29, 1.82) is 0 Å². The predicted molar refractivity (Wildman–Crippen MR) is 86.8 cm³/mol. The van der Waals surface area contributed by atoms with Crippen LogP contribution in [0.1, 0.15) is 11.1 Å².